The van der Waals surface area contributed by atoms with Crippen LogP contribution in [0.25, 0.3) is 0 Å². The average molecular weight is 394 g/mol. The largest absolute Gasteiger partial charge is 0.372 e. The highest BCUT2D eigenvalue weighted by molar-refractivity contribution is 8.70. The minimum atomic E-state index is -4.24. The first-order valence-electron chi connectivity index (χ1n) is 8.41. The maximum absolute atomic E-state index is 11.4. The maximum Gasteiger partial charge on any atom is 0.324 e. The molecule has 140 valence electrons. The number of anilines is 1. The van der Waals surface area contributed by atoms with E-state index in [0.29, 0.717) is 33.6 Å². The van der Waals surface area contributed by atoms with E-state index in [9.17, 15) is 13.0 Å². The number of nitrogens with zero attached hydrogens (tertiary/aromatic N) is 3. The van der Waals surface area contributed by atoms with Gasteiger partial charge in [-0.2, -0.15) is 8.42 Å². The smallest absolute Gasteiger partial charge is 0.324 e. The van der Waals surface area contributed by atoms with Crippen LogP contribution in [0.1, 0.15) is 20.8 Å². The van der Waals surface area contributed by atoms with E-state index >= 15 is 0 Å². The highest BCUT2D eigenvalue weighted by Gasteiger charge is 2.15. The number of allylic oxidation sites excluding steroid dienone is 4. The van der Waals surface area contributed by atoms with Gasteiger partial charge >= 0.3 is 9.15 Å². The lowest BCUT2D eigenvalue weighted by atomic mass is 10.1. The third kappa shape index (κ3) is 5.82. The zero-order valence-corrected chi connectivity index (χ0v) is 16.7. The molecule has 0 bridgehead atoms. The molecule has 26 heavy (non-hydrogen) atoms. The molecule has 0 radical (unpaired) electrons. The van der Waals surface area contributed by atoms with Crippen molar-refractivity contribution in [3.8, 4) is 0 Å². The molecule has 2 rings (SSSR count). The van der Waals surface area contributed by atoms with Crippen LogP contribution in [0.2, 0.25) is 0 Å². The van der Waals surface area contributed by atoms with E-state index in [4.69, 9.17) is 0 Å². The number of rotatable bonds is 7. The second-order valence-electron chi connectivity index (χ2n) is 5.44. The van der Waals surface area contributed by atoms with Gasteiger partial charge in [-0.05, 0) is 63.3 Å². The van der Waals surface area contributed by atoms with Gasteiger partial charge in [0.05, 0.1) is 22.0 Å². The van der Waals surface area contributed by atoms with Gasteiger partial charge in [0.1, 0.15) is 0 Å². The fourth-order valence-electron chi connectivity index (χ4n) is 2.52. The summed E-state index contributed by atoms with van der Waals surface area (Å²) >= 11 is 0. The number of benzene rings is 1. The minimum Gasteiger partial charge on any atom is -0.372 e. The third-order valence-electron chi connectivity index (χ3n) is 3.71. The second kappa shape index (κ2) is 9.16. The molecule has 0 saturated carbocycles. The molecule has 0 aromatic heterocycles. The summed E-state index contributed by atoms with van der Waals surface area (Å²) in [4.78, 5) is 11.3. The van der Waals surface area contributed by atoms with Crippen LogP contribution in [-0.4, -0.2) is 44.0 Å². The Morgan fingerprint density at radius 1 is 1.04 bits per heavy atom. The van der Waals surface area contributed by atoms with Crippen molar-refractivity contribution >= 4 is 42.7 Å². The summed E-state index contributed by atoms with van der Waals surface area (Å²) in [5.74, 6) is 0. The molecule has 0 saturated heterocycles. The van der Waals surface area contributed by atoms with Crippen molar-refractivity contribution in [2.75, 3.05) is 24.5 Å². The Balaban J connectivity index is 2.41. The fraction of sp³-hybridized carbons (Fsp3) is 0.333. The van der Waals surface area contributed by atoms with Gasteiger partial charge in [0.2, 0.25) is 0 Å². The Hall–Kier alpha value is -1.90. The monoisotopic (exact) mass is 393 g/mol. The molecular weight excluding hydrogens is 370 g/mol. The topological polar surface area (TPSA) is 82.3 Å². The molecule has 0 aliphatic heterocycles. The summed E-state index contributed by atoms with van der Waals surface area (Å²) in [5.41, 5.74) is 2.93. The first-order chi connectivity index (χ1) is 12.4. The summed E-state index contributed by atoms with van der Waals surface area (Å²) in [5, 5.41) is 0. The number of hydrogen-bond acceptors (Lipinski definition) is 6. The molecule has 1 aromatic rings. The summed E-state index contributed by atoms with van der Waals surface area (Å²) < 4.78 is 32.1. The Kier molecular flexibility index (Phi) is 7.19. The Labute approximate surface area is 158 Å². The second-order valence-corrected chi connectivity index (χ2v) is 8.66. The lowest BCUT2D eigenvalue weighted by molar-refractivity contribution is 0.503. The van der Waals surface area contributed by atoms with E-state index in [0.717, 1.165) is 24.5 Å². The quantitative estimate of drug-likeness (QED) is 0.429. The molecule has 1 aliphatic carbocycles. The normalized spacial score (nSPS) is 13.8. The predicted molar refractivity (Wildman–Crippen MR) is 111 cm³/mol. The van der Waals surface area contributed by atoms with Crippen LogP contribution in [0.5, 0.6) is 0 Å². The van der Waals surface area contributed by atoms with Gasteiger partial charge in [0.15, 0.2) is 0 Å². The van der Waals surface area contributed by atoms with Crippen molar-refractivity contribution in [1.29, 1.82) is 0 Å². The summed E-state index contributed by atoms with van der Waals surface area (Å²) in [6.07, 6.45) is 7.38. The van der Waals surface area contributed by atoms with Crippen LogP contribution in [0.15, 0.2) is 57.4 Å². The molecule has 0 amide bonds. The van der Waals surface area contributed by atoms with Gasteiger partial charge in [-0.25, -0.2) is 4.99 Å². The molecule has 1 N–H and O–H groups in total. The lowest BCUT2D eigenvalue weighted by Crippen LogP contribution is -2.21. The van der Waals surface area contributed by atoms with Crippen molar-refractivity contribution in [3.05, 3.63) is 42.5 Å². The molecule has 1 aliphatic rings. The lowest BCUT2D eigenvalue weighted by Gasteiger charge is -2.22. The highest BCUT2D eigenvalue weighted by Crippen LogP contribution is 2.36. The van der Waals surface area contributed by atoms with Crippen LogP contribution < -0.4 is 4.90 Å². The molecule has 6 nitrogen and oxygen atoms in total. The first kappa shape index (κ1) is 20.4. The summed E-state index contributed by atoms with van der Waals surface area (Å²) in [6.45, 7) is 8.32. The van der Waals surface area contributed by atoms with E-state index in [1.807, 2.05) is 51.1 Å². The van der Waals surface area contributed by atoms with Gasteiger partial charge in [0.25, 0.3) is 0 Å². The van der Waals surface area contributed by atoms with Gasteiger partial charge in [-0.1, -0.05) is 0 Å². The van der Waals surface area contributed by atoms with Crippen LogP contribution >= 0.6 is 10.8 Å². The summed E-state index contributed by atoms with van der Waals surface area (Å²) in [7, 11) is -3.84. The Bertz CT molecular complexity index is 850. The van der Waals surface area contributed by atoms with Gasteiger partial charge < -0.3 is 4.90 Å². The molecule has 0 fully saturated rings. The maximum atomic E-state index is 11.4. The molecule has 1 aromatic carbocycles. The van der Waals surface area contributed by atoms with E-state index in [2.05, 4.69) is 14.9 Å². The molecule has 0 unspecified atom stereocenters. The van der Waals surface area contributed by atoms with Crippen molar-refractivity contribution in [1.82, 2.24) is 0 Å². The highest BCUT2D eigenvalue weighted by atomic mass is 33.1. The third-order valence-corrected chi connectivity index (χ3v) is 5.59. The van der Waals surface area contributed by atoms with E-state index < -0.39 is 9.15 Å². The zero-order chi connectivity index (χ0) is 19.2. The van der Waals surface area contributed by atoms with Crippen LogP contribution in [0, 0.1) is 0 Å². The fourth-order valence-corrected chi connectivity index (χ4v) is 4.19. The SMILES string of the molecule is CCN=C1C=CC(=Nc2ccc(N(CC)CC)cc2SS(=O)(=O)O)C=C1. The number of aliphatic imine (C=N–C) groups is 2. The van der Waals surface area contributed by atoms with Gasteiger partial charge in [0, 0.05) is 36.1 Å². The summed E-state index contributed by atoms with van der Waals surface area (Å²) in [6, 6.07) is 5.41. The van der Waals surface area contributed by atoms with Crippen molar-refractivity contribution in [2.24, 2.45) is 9.98 Å². The molecule has 0 spiro atoms. The van der Waals surface area contributed by atoms with Crippen molar-refractivity contribution in [3.63, 3.8) is 0 Å². The first-order valence-corrected chi connectivity index (χ1v) is 11.2. The van der Waals surface area contributed by atoms with Crippen molar-refractivity contribution < 1.29 is 13.0 Å². The Morgan fingerprint density at radius 3 is 2.19 bits per heavy atom. The number of hydrogen-bond donors (Lipinski definition) is 1. The standard InChI is InChI=1S/C18H23N3O3S2/c1-4-19-14-7-9-15(10-8-14)20-17-12-11-16(21(5-2)6-3)13-18(17)25-26(22,23)24/h7-13H,4-6H2,1-3H3,(H,22,23,24). The minimum absolute atomic E-state index is 0.388. The van der Waals surface area contributed by atoms with Crippen LogP contribution in [0.4, 0.5) is 11.4 Å². The van der Waals surface area contributed by atoms with Crippen LogP contribution in [0.3, 0.4) is 0 Å². The van der Waals surface area contributed by atoms with Gasteiger partial charge in [-0.15, -0.1) is 0 Å². The Morgan fingerprint density at radius 2 is 1.65 bits per heavy atom. The molecule has 8 heteroatoms. The van der Waals surface area contributed by atoms with E-state index in [-0.39, 0.29) is 0 Å². The van der Waals surface area contributed by atoms with E-state index in [1.165, 1.54) is 0 Å². The predicted octanol–water partition coefficient (Wildman–Crippen LogP) is 4.09. The van der Waals surface area contributed by atoms with Crippen LogP contribution in [-0.2, 0) is 9.15 Å². The average Bonchev–Trinajstić information content (AvgIpc) is 2.59. The van der Waals surface area contributed by atoms with Gasteiger partial charge in [-0.3, -0.25) is 9.55 Å². The molecular formula is C18H23N3O3S2. The van der Waals surface area contributed by atoms with Crippen molar-refractivity contribution in [2.45, 2.75) is 25.7 Å². The molecule has 0 atom stereocenters. The molecule has 0 heterocycles. The van der Waals surface area contributed by atoms with E-state index in [1.54, 1.807) is 12.1 Å². The zero-order valence-electron chi connectivity index (χ0n) is 15.1.